The van der Waals surface area contributed by atoms with E-state index in [4.69, 9.17) is 9.47 Å². The normalized spacial score (nSPS) is 21.9. The lowest BCUT2D eigenvalue weighted by atomic mass is 10.0. The summed E-state index contributed by atoms with van der Waals surface area (Å²) in [6, 6.07) is 7.12. The van der Waals surface area contributed by atoms with Crippen LogP contribution in [0.15, 0.2) is 29.2 Å². The van der Waals surface area contributed by atoms with Crippen LogP contribution in [0.3, 0.4) is 0 Å². The second-order valence-corrected chi connectivity index (χ2v) is 7.81. The maximum atomic E-state index is 11.8. The van der Waals surface area contributed by atoms with Crippen molar-refractivity contribution < 1.29 is 17.9 Å². The third kappa shape index (κ3) is 2.93. The third-order valence-electron chi connectivity index (χ3n) is 4.17. The largest absolute Gasteiger partial charge is 0.366 e. The molecule has 0 saturated carbocycles. The van der Waals surface area contributed by atoms with E-state index in [0.29, 0.717) is 24.7 Å². The fourth-order valence-electron chi connectivity index (χ4n) is 2.97. The zero-order valence-corrected chi connectivity index (χ0v) is 13.1. The fourth-order valence-corrected chi connectivity index (χ4v) is 3.86. The van der Waals surface area contributed by atoms with Crippen LogP contribution in [0.1, 0.15) is 19.8 Å². The van der Waals surface area contributed by atoms with Crippen LogP contribution in [0.4, 0.5) is 5.69 Å². The summed E-state index contributed by atoms with van der Waals surface area (Å²) in [4.78, 5) is 2.59. The highest BCUT2D eigenvalue weighted by atomic mass is 32.2. The number of anilines is 1. The molecule has 0 aromatic heterocycles. The molecule has 0 amide bonds. The quantitative estimate of drug-likeness (QED) is 0.852. The molecule has 3 rings (SSSR count). The van der Waals surface area contributed by atoms with Crippen LogP contribution in [0.5, 0.6) is 0 Å². The molecule has 5 nitrogen and oxygen atoms in total. The molecule has 2 aliphatic rings. The van der Waals surface area contributed by atoms with Crippen molar-refractivity contribution in [3.8, 4) is 0 Å². The molecule has 0 N–H and O–H groups in total. The average Bonchev–Trinajstić information content (AvgIpc) is 2.95. The number of nitrogens with zero attached hydrogens (tertiary/aromatic N) is 1. The molecular weight excluding hydrogens is 290 g/mol. The van der Waals surface area contributed by atoms with Crippen molar-refractivity contribution in [1.29, 1.82) is 0 Å². The molecule has 116 valence electrons. The zero-order valence-electron chi connectivity index (χ0n) is 12.2. The summed E-state index contributed by atoms with van der Waals surface area (Å²) in [5.41, 5.74) is 1.02. The number of benzene rings is 1. The van der Waals surface area contributed by atoms with Gasteiger partial charge in [0.25, 0.3) is 0 Å². The SMILES string of the molecule is CCS(=O)(=O)c1ccc(N2CCCC3(C2)OCCO3)cc1. The summed E-state index contributed by atoms with van der Waals surface area (Å²) in [7, 11) is -3.14. The molecule has 1 aromatic carbocycles. The lowest BCUT2D eigenvalue weighted by Crippen LogP contribution is -2.49. The molecule has 21 heavy (non-hydrogen) atoms. The van der Waals surface area contributed by atoms with Crippen LogP contribution in [-0.2, 0) is 19.3 Å². The molecule has 6 heteroatoms. The van der Waals surface area contributed by atoms with Crippen molar-refractivity contribution in [2.24, 2.45) is 0 Å². The summed E-state index contributed by atoms with van der Waals surface area (Å²) in [5.74, 6) is -0.340. The molecule has 0 atom stereocenters. The molecule has 2 heterocycles. The topological polar surface area (TPSA) is 55.8 Å². The van der Waals surface area contributed by atoms with Crippen molar-refractivity contribution in [3.05, 3.63) is 24.3 Å². The lowest BCUT2D eigenvalue weighted by Gasteiger charge is -2.39. The van der Waals surface area contributed by atoms with Gasteiger partial charge in [-0.2, -0.15) is 0 Å². The first kappa shape index (κ1) is 14.8. The minimum atomic E-state index is -3.14. The molecule has 2 fully saturated rings. The molecule has 0 bridgehead atoms. The minimum Gasteiger partial charge on any atom is -0.366 e. The average molecular weight is 311 g/mol. The fraction of sp³-hybridized carbons (Fsp3) is 0.600. The van der Waals surface area contributed by atoms with Crippen molar-refractivity contribution in [2.45, 2.75) is 30.4 Å². The van der Waals surface area contributed by atoms with E-state index in [1.165, 1.54) is 0 Å². The second kappa shape index (κ2) is 5.59. The van der Waals surface area contributed by atoms with E-state index >= 15 is 0 Å². The van der Waals surface area contributed by atoms with Gasteiger partial charge in [0.2, 0.25) is 0 Å². The van der Waals surface area contributed by atoms with Gasteiger partial charge < -0.3 is 14.4 Å². The second-order valence-electron chi connectivity index (χ2n) is 5.53. The van der Waals surface area contributed by atoms with Gasteiger partial charge in [-0.3, -0.25) is 0 Å². The van der Waals surface area contributed by atoms with Crippen LogP contribution in [0.25, 0.3) is 0 Å². The highest BCUT2D eigenvalue weighted by molar-refractivity contribution is 7.91. The number of hydrogen-bond donors (Lipinski definition) is 0. The molecule has 1 spiro atoms. The maximum Gasteiger partial charge on any atom is 0.186 e. The van der Waals surface area contributed by atoms with Gasteiger partial charge in [-0.1, -0.05) is 6.92 Å². The van der Waals surface area contributed by atoms with Gasteiger partial charge in [0.05, 0.1) is 30.4 Å². The molecule has 0 unspecified atom stereocenters. The minimum absolute atomic E-state index is 0.126. The van der Waals surface area contributed by atoms with Gasteiger partial charge in [0, 0.05) is 18.7 Å². The highest BCUT2D eigenvalue weighted by Crippen LogP contribution is 2.32. The van der Waals surface area contributed by atoms with Gasteiger partial charge in [-0.15, -0.1) is 0 Å². The Labute approximate surface area is 125 Å². The van der Waals surface area contributed by atoms with Crippen molar-refractivity contribution >= 4 is 15.5 Å². The van der Waals surface area contributed by atoms with Crippen LogP contribution >= 0.6 is 0 Å². The summed E-state index contributed by atoms with van der Waals surface area (Å²) >= 11 is 0. The van der Waals surface area contributed by atoms with E-state index in [0.717, 1.165) is 25.1 Å². The predicted octanol–water partition coefficient (Wildman–Crippen LogP) is 1.82. The van der Waals surface area contributed by atoms with E-state index in [2.05, 4.69) is 4.90 Å². The smallest absolute Gasteiger partial charge is 0.186 e. The van der Waals surface area contributed by atoms with Crippen LogP contribution in [0, 0.1) is 0 Å². The summed E-state index contributed by atoms with van der Waals surface area (Å²) < 4.78 is 35.2. The van der Waals surface area contributed by atoms with Crippen molar-refractivity contribution in [3.63, 3.8) is 0 Å². The Morgan fingerprint density at radius 1 is 1.19 bits per heavy atom. The number of rotatable bonds is 3. The van der Waals surface area contributed by atoms with Gasteiger partial charge in [0.15, 0.2) is 15.6 Å². The molecule has 2 saturated heterocycles. The first-order valence-electron chi connectivity index (χ1n) is 7.40. The van der Waals surface area contributed by atoms with Gasteiger partial charge in [-0.05, 0) is 30.7 Å². The Hall–Kier alpha value is -1.11. The van der Waals surface area contributed by atoms with Gasteiger partial charge in [0.1, 0.15) is 0 Å². The lowest BCUT2D eigenvalue weighted by molar-refractivity contribution is -0.161. The third-order valence-corrected chi connectivity index (χ3v) is 5.92. The summed E-state index contributed by atoms with van der Waals surface area (Å²) in [6.07, 6.45) is 1.93. The Morgan fingerprint density at radius 2 is 1.86 bits per heavy atom. The summed E-state index contributed by atoms with van der Waals surface area (Å²) in [6.45, 7) is 4.61. The maximum absolute atomic E-state index is 11.8. The number of ether oxygens (including phenoxy) is 2. The molecular formula is C15H21NO4S. The molecule has 0 radical (unpaired) electrons. The predicted molar refractivity (Wildman–Crippen MR) is 80.3 cm³/mol. The number of piperidine rings is 1. The Kier molecular flexibility index (Phi) is 3.94. The molecule has 0 aliphatic carbocycles. The van der Waals surface area contributed by atoms with E-state index in [-0.39, 0.29) is 5.75 Å². The Balaban J connectivity index is 1.78. The van der Waals surface area contributed by atoms with Crippen LogP contribution < -0.4 is 4.90 Å². The van der Waals surface area contributed by atoms with Crippen molar-refractivity contribution in [2.75, 3.05) is 37.0 Å². The highest BCUT2D eigenvalue weighted by Gasteiger charge is 2.40. The van der Waals surface area contributed by atoms with Crippen LogP contribution in [-0.4, -0.2) is 46.3 Å². The van der Waals surface area contributed by atoms with E-state index in [1.54, 1.807) is 19.1 Å². The van der Waals surface area contributed by atoms with E-state index in [9.17, 15) is 8.42 Å². The molecule has 1 aromatic rings. The zero-order chi connectivity index (χ0) is 14.9. The Bertz CT molecular complexity index is 591. The van der Waals surface area contributed by atoms with Crippen molar-refractivity contribution in [1.82, 2.24) is 0 Å². The first-order valence-corrected chi connectivity index (χ1v) is 9.06. The number of hydrogen-bond acceptors (Lipinski definition) is 5. The number of sulfone groups is 1. The van der Waals surface area contributed by atoms with E-state index < -0.39 is 15.6 Å². The van der Waals surface area contributed by atoms with Crippen LogP contribution in [0.2, 0.25) is 0 Å². The Morgan fingerprint density at radius 3 is 2.48 bits per heavy atom. The monoisotopic (exact) mass is 311 g/mol. The van der Waals surface area contributed by atoms with E-state index in [1.807, 2.05) is 12.1 Å². The molecule has 2 aliphatic heterocycles. The van der Waals surface area contributed by atoms with Gasteiger partial charge in [-0.25, -0.2) is 8.42 Å². The van der Waals surface area contributed by atoms with Gasteiger partial charge >= 0.3 is 0 Å². The standard InChI is InChI=1S/C15H21NO4S/c1-2-21(17,18)14-6-4-13(5-7-14)16-9-3-8-15(12-16)19-10-11-20-15/h4-7H,2-3,8-12H2,1H3. The first-order chi connectivity index (χ1) is 10.0. The summed E-state index contributed by atoms with van der Waals surface area (Å²) in [5, 5.41) is 0.